The molecule has 130 valence electrons. The fourth-order valence-electron chi connectivity index (χ4n) is 1.81. The molecule has 0 aromatic heterocycles. The van der Waals surface area contributed by atoms with Gasteiger partial charge in [-0.3, -0.25) is 4.79 Å². The number of carbonyl (C=O) groups excluding carboxylic acids is 2. The molecule has 2 amide bonds. The number of amides is 2. The number of anilines is 1. The molecule has 1 rings (SSSR count). The molecule has 6 nitrogen and oxygen atoms in total. The molecular formula is C17H23N3O3S. The molecule has 7 heteroatoms. The van der Waals surface area contributed by atoms with Crippen LogP contribution in [0.25, 0.3) is 0 Å². The highest BCUT2D eigenvalue weighted by atomic mass is 32.2. The number of alkyl carbamates (subject to hydrolysis) is 1. The zero-order chi connectivity index (χ0) is 18.2. The van der Waals surface area contributed by atoms with Crippen molar-refractivity contribution in [2.75, 3.05) is 17.3 Å². The van der Waals surface area contributed by atoms with E-state index >= 15 is 0 Å². The van der Waals surface area contributed by atoms with E-state index in [0.717, 1.165) is 5.75 Å². The first-order valence-corrected chi connectivity index (χ1v) is 8.94. The Morgan fingerprint density at radius 1 is 1.29 bits per heavy atom. The number of benzene rings is 1. The Bertz CT molecular complexity index is 603. The highest BCUT2D eigenvalue weighted by Gasteiger charge is 2.24. The smallest absolute Gasteiger partial charge is 0.408 e. The van der Waals surface area contributed by atoms with Gasteiger partial charge in [-0.15, -0.1) is 0 Å². The highest BCUT2D eigenvalue weighted by molar-refractivity contribution is 7.98. The number of hydrogen-bond acceptors (Lipinski definition) is 5. The number of nitrogens with one attached hydrogen (secondary N) is 2. The third kappa shape index (κ3) is 7.38. The van der Waals surface area contributed by atoms with Crippen LogP contribution in [0.5, 0.6) is 0 Å². The Balaban J connectivity index is 2.73. The van der Waals surface area contributed by atoms with Crippen LogP contribution in [-0.4, -0.2) is 35.7 Å². The number of nitriles is 1. The number of nitrogens with zero attached hydrogens (tertiary/aromatic N) is 1. The van der Waals surface area contributed by atoms with Gasteiger partial charge in [0.15, 0.2) is 0 Å². The molecule has 2 N–H and O–H groups in total. The summed E-state index contributed by atoms with van der Waals surface area (Å²) in [6.07, 6.45) is 1.80. The minimum Gasteiger partial charge on any atom is -0.444 e. The van der Waals surface area contributed by atoms with E-state index in [9.17, 15) is 9.59 Å². The SMILES string of the molecule is CSCC[C@H](NC(=O)OC(C)(C)C)C(=O)Nc1ccc(C#N)cc1. The normalized spacial score (nSPS) is 12.0. The molecular weight excluding hydrogens is 326 g/mol. The molecule has 1 atom stereocenters. The maximum atomic E-state index is 12.4. The molecule has 0 heterocycles. The van der Waals surface area contributed by atoms with Crippen LogP contribution in [-0.2, 0) is 9.53 Å². The van der Waals surface area contributed by atoms with E-state index in [1.807, 2.05) is 12.3 Å². The molecule has 0 aliphatic carbocycles. The molecule has 1 aromatic carbocycles. The Hall–Kier alpha value is -2.20. The molecule has 0 spiro atoms. The van der Waals surface area contributed by atoms with Gasteiger partial charge in [0.2, 0.25) is 5.91 Å². The van der Waals surface area contributed by atoms with Crippen molar-refractivity contribution in [2.45, 2.75) is 38.8 Å². The zero-order valence-electron chi connectivity index (χ0n) is 14.4. The van der Waals surface area contributed by atoms with Gasteiger partial charge in [-0.05, 0) is 63.5 Å². The molecule has 24 heavy (non-hydrogen) atoms. The topological polar surface area (TPSA) is 91.2 Å². The second-order valence-electron chi connectivity index (χ2n) is 6.16. The van der Waals surface area contributed by atoms with Crippen LogP contribution in [0.4, 0.5) is 10.5 Å². The van der Waals surface area contributed by atoms with Gasteiger partial charge in [0.05, 0.1) is 11.6 Å². The number of rotatable bonds is 6. The summed E-state index contributed by atoms with van der Waals surface area (Å²) < 4.78 is 5.21. The van der Waals surface area contributed by atoms with Crippen molar-refractivity contribution in [3.63, 3.8) is 0 Å². The van der Waals surface area contributed by atoms with E-state index in [1.54, 1.807) is 56.8 Å². The van der Waals surface area contributed by atoms with E-state index in [4.69, 9.17) is 10.00 Å². The van der Waals surface area contributed by atoms with Gasteiger partial charge in [0.25, 0.3) is 0 Å². The minimum absolute atomic E-state index is 0.320. The van der Waals surface area contributed by atoms with Crippen LogP contribution < -0.4 is 10.6 Å². The van der Waals surface area contributed by atoms with Crippen molar-refractivity contribution in [1.82, 2.24) is 5.32 Å². The molecule has 0 aliphatic heterocycles. The van der Waals surface area contributed by atoms with Gasteiger partial charge >= 0.3 is 6.09 Å². The maximum Gasteiger partial charge on any atom is 0.408 e. The first-order valence-electron chi connectivity index (χ1n) is 7.54. The summed E-state index contributed by atoms with van der Waals surface area (Å²) in [5.74, 6) is 0.404. The Labute approximate surface area is 146 Å². The quantitative estimate of drug-likeness (QED) is 0.823. The fraction of sp³-hybridized carbons (Fsp3) is 0.471. The van der Waals surface area contributed by atoms with Crippen LogP contribution in [0.15, 0.2) is 24.3 Å². The lowest BCUT2D eigenvalue weighted by atomic mass is 10.2. The van der Waals surface area contributed by atoms with Crippen molar-refractivity contribution in [3.8, 4) is 6.07 Å². The van der Waals surface area contributed by atoms with Crippen molar-refractivity contribution < 1.29 is 14.3 Å². The van der Waals surface area contributed by atoms with E-state index in [-0.39, 0.29) is 5.91 Å². The molecule has 0 fully saturated rings. The van der Waals surface area contributed by atoms with E-state index in [0.29, 0.717) is 17.7 Å². The predicted octanol–water partition coefficient (Wildman–Crippen LogP) is 3.14. The van der Waals surface area contributed by atoms with E-state index < -0.39 is 17.7 Å². The Morgan fingerprint density at radius 3 is 2.42 bits per heavy atom. The Morgan fingerprint density at radius 2 is 1.92 bits per heavy atom. The standard InChI is InChI=1S/C17H23N3O3S/c1-17(2,3)23-16(22)20-14(9-10-24-4)15(21)19-13-7-5-12(11-18)6-8-13/h5-8,14H,9-10H2,1-4H3,(H,19,21)(H,20,22)/t14-/m0/s1. The second-order valence-corrected chi connectivity index (χ2v) is 7.14. The molecule has 1 aromatic rings. The lowest BCUT2D eigenvalue weighted by Gasteiger charge is -2.23. The summed E-state index contributed by atoms with van der Waals surface area (Å²) in [5.41, 5.74) is 0.454. The molecule has 0 bridgehead atoms. The van der Waals surface area contributed by atoms with Crippen LogP contribution in [0.3, 0.4) is 0 Å². The van der Waals surface area contributed by atoms with Gasteiger partial charge < -0.3 is 15.4 Å². The van der Waals surface area contributed by atoms with Crippen LogP contribution >= 0.6 is 11.8 Å². The van der Waals surface area contributed by atoms with Gasteiger partial charge in [0, 0.05) is 5.69 Å². The average molecular weight is 349 g/mol. The summed E-state index contributed by atoms with van der Waals surface area (Å²) >= 11 is 1.59. The first-order chi connectivity index (χ1) is 11.2. The van der Waals surface area contributed by atoms with Gasteiger partial charge in [-0.2, -0.15) is 17.0 Å². The predicted molar refractivity (Wildman–Crippen MR) is 95.9 cm³/mol. The summed E-state index contributed by atoms with van der Waals surface area (Å²) in [6.45, 7) is 5.29. The van der Waals surface area contributed by atoms with Crippen LogP contribution in [0.1, 0.15) is 32.8 Å². The summed E-state index contributed by atoms with van der Waals surface area (Å²) in [6, 6.07) is 7.86. The van der Waals surface area contributed by atoms with Gasteiger partial charge in [0.1, 0.15) is 11.6 Å². The number of ether oxygens (including phenoxy) is 1. The summed E-state index contributed by atoms with van der Waals surface area (Å²) in [4.78, 5) is 24.3. The monoisotopic (exact) mass is 349 g/mol. The molecule has 0 saturated carbocycles. The second kappa shape index (κ2) is 9.18. The van der Waals surface area contributed by atoms with Crippen molar-refractivity contribution in [2.24, 2.45) is 0 Å². The number of hydrogen-bond donors (Lipinski definition) is 2. The van der Waals surface area contributed by atoms with Gasteiger partial charge in [-0.25, -0.2) is 4.79 Å². The van der Waals surface area contributed by atoms with Crippen LogP contribution in [0.2, 0.25) is 0 Å². The zero-order valence-corrected chi connectivity index (χ0v) is 15.2. The van der Waals surface area contributed by atoms with Crippen molar-refractivity contribution in [3.05, 3.63) is 29.8 Å². The third-order valence-corrected chi connectivity index (χ3v) is 3.54. The first kappa shape index (κ1) is 19.8. The minimum atomic E-state index is -0.692. The number of carbonyl (C=O) groups is 2. The fourth-order valence-corrected chi connectivity index (χ4v) is 2.28. The van der Waals surface area contributed by atoms with Gasteiger partial charge in [-0.1, -0.05) is 0 Å². The highest BCUT2D eigenvalue weighted by Crippen LogP contribution is 2.12. The molecule has 0 unspecified atom stereocenters. The Kier molecular flexibility index (Phi) is 7.59. The summed E-state index contributed by atoms with van der Waals surface area (Å²) in [7, 11) is 0. The molecule has 0 radical (unpaired) electrons. The van der Waals surface area contributed by atoms with Crippen LogP contribution in [0, 0.1) is 11.3 Å². The van der Waals surface area contributed by atoms with Crippen molar-refractivity contribution >= 4 is 29.4 Å². The largest absolute Gasteiger partial charge is 0.444 e. The lowest BCUT2D eigenvalue weighted by Crippen LogP contribution is -2.46. The number of thioether (sulfide) groups is 1. The van der Waals surface area contributed by atoms with Crippen molar-refractivity contribution in [1.29, 1.82) is 5.26 Å². The molecule has 0 saturated heterocycles. The lowest BCUT2D eigenvalue weighted by molar-refractivity contribution is -0.118. The summed E-state index contributed by atoms with van der Waals surface area (Å²) in [5, 5.41) is 14.1. The molecule has 0 aliphatic rings. The maximum absolute atomic E-state index is 12.4. The van der Waals surface area contributed by atoms with E-state index in [2.05, 4.69) is 10.6 Å². The van der Waals surface area contributed by atoms with E-state index in [1.165, 1.54) is 0 Å². The third-order valence-electron chi connectivity index (χ3n) is 2.90. The average Bonchev–Trinajstić information content (AvgIpc) is 2.50.